The number of nitrogens with zero attached hydrogens (tertiary/aromatic N) is 3. The first-order chi connectivity index (χ1) is 14.4. The molecule has 2 N–H and O–H groups in total. The molecule has 1 aliphatic heterocycles. The molecule has 3 aromatic rings. The van der Waals surface area contributed by atoms with Crippen LogP contribution in [0, 0.1) is 4.77 Å². The van der Waals surface area contributed by atoms with E-state index in [-0.39, 0.29) is 11.9 Å². The van der Waals surface area contributed by atoms with Crippen LogP contribution in [0.1, 0.15) is 25.8 Å². The van der Waals surface area contributed by atoms with Crippen LogP contribution in [0.2, 0.25) is 0 Å². The Morgan fingerprint density at radius 2 is 1.97 bits per heavy atom. The van der Waals surface area contributed by atoms with Crippen LogP contribution in [0.25, 0.3) is 10.7 Å². The number of amides is 1. The largest absolute Gasteiger partial charge is 0.341 e. The van der Waals surface area contributed by atoms with Gasteiger partial charge in [0, 0.05) is 19.1 Å². The molecule has 0 saturated carbocycles. The first-order valence-corrected chi connectivity index (χ1v) is 13.1. The van der Waals surface area contributed by atoms with Crippen LogP contribution >= 0.6 is 34.9 Å². The fraction of sp³-hybridized carbons (Fsp3) is 0.389. The van der Waals surface area contributed by atoms with E-state index in [1.165, 1.54) is 22.7 Å². The Morgan fingerprint density at radius 3 is 2.60 bits per heavy atom. The highest BCUT2D eigenvalue weighted by Gasteiger charge is 2.31. The topological polar surface area (TPSA) is 100 Å². The van der Waals surface area contributed by atoms with E-state index in [1.807, 2.05) is 24.4 Å². The van der Waals surface area contributed by atoms with Crippen LogP contribution in [0.3, 0.4) is 0 Å². The summed E-state index contributed by atoms with van der Waals surface area (Å²) < 4.78 is 30.1. The Kier molecular flexibility index (Phi) is 6.21. The van der Waals surface area contributed by atoms with Crippen molar-refractivity contribution < 1.29 is 13.2 Å². The van der Waals surface area contributed by atoms with Crippen LogP contribution in [0.5, 0.6) is 0 Å². The lowest BCUT2D eigenvalue weighted by molar-refractivity contribution is -0.135. The fourth-order valence-electron chi connectivity index (χ4n) is 3.53. The Morgan fingerprint density at radius 1 is 1.27 bits per heavy atom. The van der Waals surface area contributed by atoms with Crippen LogP contribution in [-0.4, -0.2) is 53.1 Å². The summed E-state index contributed by atoms with van der Waals surface area (Å²) in [6.07, 6.45) is 1.13. The number of thiophene rings is 2. The van der Waals surface area contributed by atoms with Crippen molar-refractivity contribution in [2.45, 2.75) is 36.1 Å². The maximum Gasteiger partial charge on any atom is 0.250 e. The van der Waals surface area contributed by atoms with Gasteiger partial charge in [0.2, 0.25) is 15.9 Å². The van der Waals surface area contributed by atoms with E-state index in [9.17, 15) is 13.2 Å². The van der Waals surface area contributed by atoms with Gasteiger partial charge in [0.15, 0.2) is 10.6 Å². The monoisotopic (exact) mass is 483 g/mol. The van der Waals surface area contributed by atoms with E-state index >= 15 is 0 Å². The second-order valence-corrected chi connectivity index (χ2v) is 11.3. The van der Waals surface area contributed by atoms with Gasteiger partial charge in [-0.05, 0) is 54.9 Å². The summed E-state index contributed by atoms with van der Waals surface area (Å²) >= 11 is 8.09. The number of likely N-dealkylation sites (tertiary alicyclic amines) is 1. The van der Waals surface area contributed by atoms with Gasteiger partial charge >= 0.3 is 0 Å². The number of aromatic nitrogens is 3. The molecule has 1 amide bonds. The number of piperidine rings is 1. The van der Waals surface area contributed by atoms with E-state index in [4.69, 9.17) is 12.2 Å². The summed E-state index contributed by atoms with van der Waals surface area (Å²) in [5.41, 5.74) is 0. The Bertz CT molecular complexity index is 1160. The number of carbonyl (C=O) groups is 1. The molecule has 8 nitrogen and oxygen atoms in total. The van der Waals surface area contributed by atoms with Crippen LogP contribution in [0.4, 0.5) is 0 Å². The third-order valence-electron chi connectivity index (χ3n) is 5.08. The Balaban J connectivity index is 1.42. The zero-order valence-corrected chi connectivity index (χ0v) is 19.4. The normalized spacial score (nSPS) is 16.6. The predicted molar refractivity (Wildman–Crippen MR) is 120 cm³/mol. The van der Waals surface area contributed by atoms with Gasteiger partial charge in [-0.25, -0.2) is 13.1 Å². The van der Waals surface area contributed by atoms with Crippen molar-refractivity contribution in [3.8, 4) is 10.7 Å². The standard InChI is InChI=1S/C18H21N5O3S4/c1-12(23-16(19-20-18(23)27)14-4-2-10-28-14)17(24)22-8-6-13(7-9-22)21-30(25,26)15-5-3-11-29-15/h2-5,10-13,21H,6-9H2,1H3,(H,20,27). The average molecular weight is 484 g/mol. The fourth-order valence-corrected chi connectivity index (χ4v) is 6.84. The van der Waals surface area contributed by atoms with E-state index in [0.29, 0.717) is 40.7 Å². The van der Waals surface area contributed by atoms with Crippen LogP contribution < -0.4 is 4.72 Å². The molecule has 1 atom stereocenters. The zero-order chi connectivity index (χ0) is 21.3. The van der Waals surface area contributed by atoms with Crippen molar-refractivity contribution in [2.75, 3.05) is 13.1 Å². The van der Waals surface area contributed by atoms with E-state index < -0.39 is 16.1 Å². The maximum absolute atomic E-state index is 13.1. The molecule has 1 unspecified atom stereocenters. The van der Waals surface area contributed by atoms with Gasteiger partial charge in [0.05, 0.1) is 4.88 Å². The first-order valence-electron chi connectivity index (χ1n) is 9.42. The molecular formula is C18H21N5O3S4. The number of H-pyrrole nitrogens is 1. The summed E-state index contributed by atoms with van der Waals surface area (Å²) in [5.74, 6) is 0.597. The van der Waals surface area contributed by atoms with Crippen molar-refractivity contribution in [3.63, 3.8) is 0 Å². The summed E-state index contributed by atoms with van der Waals surface area (Å²) in [5, 5.41) is 10.8. The van der Waals surface area contributed by atoms with Crippen molar-refractivity contribution in [1.29, 1.82) is 0 Å². The van der Waals surface area contributed by atoms with E-state index in [0.717, 1.165) is 4.88 Å². The highest BCUT2D eigenvalue weighted by Crippen LogP contribution is 2.27. The molecule has 0 spiro atoms. The van der Waals surface area contributed by atoms with Crippen LogP contribution in [0.15, 0.2) is 39.2 Å². The highest BCUT2D eigenvalue weighted by molar-refractivity contribution is 7.91. The quantitative estimate of drug-likeness (QED) is 0.524. The number of hydrogen-bond acceptors (Lipinski definition) is 7. The van der Waals surface area contributed by atoms with Crippen LogP contribution in [-0.2, 0) is 14.8 Å². The number of rotatable bonds is 6. The van der Waals surface area contributed by atoms with E-state index in [1.54, 1.807) is 27.0 Å². The minimum Gasteiger partial charge on any atom is -0.341 e. The minimum absolute atomic E-state index is 0.0510. The Hall–Kier alpha value is -1.86. The summed E-state index contributed by atoms with van der Waals surface area (Å²) in [7, 11) is -3.51. The lowest BCUT2D eigenvalue weighted by Gasteiger charge is -2.34. The van der Waals surface area contributed by atoms with Crippen molar-refractivity contribution in [3.05, 3.63) is 39.8 Å². The molecule has 1 fully saturated rings. The smallest absolute Gasteiger partial charge is 0.250 e. The average Bonchev–Trinajstić information content (AvgIpc) is 3.48. The zero-order valence-electron chi connectivity index (χ0n) is 16.1. The summed E-state index contributed by atoms with van der Waals surface area (Å²) in [4.78, 5) is 15.8. The van der Waals surface area contributed by atoms with Crippen molar-refractivity contribution >= 4 is 50.8 Å². The number of carbonyl (C=O) groups excluding carboxylic acids is 1. The van der Waals surface area contributed by atoms with Gasteiger partial charge in [-0.2, -0.15) is 5.10 Å². The third-order valence-corrected chi connectivity index (χ3v) is 9.15. The summed E-state index contributed by atoms with van der Waals surface area (Å²) in [6, 6.07) is 6.48. The molecule has 1 saturated heterocycles. The van der Waals surface area contributed by atoms with E-state index in [2.05, 4.69) is 14.9 Å². The molecule has 160 valence electrons. The number of aromatic amines is 1. The molecule has 30 heavy (non-hydrogen) atoms. The molecule has 1 aliphatic rings. The first kappa shape index (κ1) is 21.4. The summed E-state index contributed by atoms with van der Waals surface area (Å²) in [6.45, 7) is 2.79. The molecule has 0 bridgehead atoms. The lowest BCUT2D eigenvalue weighted by Crippen LogP contribution is -2.47. The molecule has 0 radical (unpaired) electrons. The van der Waals surface area contributed by atoms with Gasteiger partial charge in [-0.3, -0.25) is 14.5 Å². The second-order valence-electron chi connectivity index (χ2n) is 7.03. The molecule has 12 heteroatoms. The van der Waals surface area contributed by atoms with Crippen molar-refractivity contribution in [2.24, 2.45) is 0 Å². The van der Waals surface area contributed by atoms with Gasteiger partial charge in [-0.1, -0.05) is 12.1 Å². The molecule has 0 aliphatic carbocycles. The third kappa shape index (κ3) is 4.28. The minimum atomic E-state index is -3.51. The number of sulfonamides is 1. The van der Waals surface area contributed by atoms with Gasteiger partial charge < -0.3 is 4.90 Å². The van der Waals surface area contributed by atoms with Crippen molar-refractivity contribution in [1.82, 2.24) is 24.4 Å². The van der Waals surface area contributed by atoms with Gasteiger partial charge in [0.25, 0.3) is 0 Å². The molecule has 0 aromatic carbocycles. The second kappa shape index (κ2) is 8.71. The SMILES string of the molecule is CC(C(=O)N1CCC(NS(=O)(=O)c2cccs2)CC1)n1c(-c2cccs2)n[nH]c1=S. The molecule has 3 aromatic heterocycles. The number of hydrogen-bond donors (Lipinski definition) is 2. The predicted octanol–water partition coefficient (Wildman–Crippen LogP) is 3.26. The van der Waals surface area contributed by atoms with Gasteiger partial charge in [-0.15, -0.1) is 22.7 Å². The lowest BCUT2D eigenvalue weighted by atomic mass is 10.1. The highest BCUT2D eigenvalue weighted by atomic mass is 32.2. The Labute approximate surface area is 187 Å². The molecule has 4 rings (SSSR count). The maximum atomic E-state index is 13.1. The number of nitrogens with one attached hydrogen (secondary N) is 2. The molecular weight excluding hydrogens is 462 g/mol. The molecule has 4 heterocycles. The van der Waals surface area contributed by atoms with Gasteiger partial charge in [0.1, 0.15) is 10.3 Å².